The number of pyridine rings is 1. The molecule has 9 heteroatoms. The van der Waals surface area contributed by atoms with Crippen LogP contribution in [0.3, 0.4) is 0 Å². The number of carboxylic acid groups (broad SMARTS) is 1. The fraction of sp³-hybridized carbons (Fsp3) is 0.500. The lowest BCUT2D eigenvalue weighted by Crippen LogP contribution is -2.60. The number of fused-ring (bicyclic) bond motifs is 1. The number of nitrogens with two attached hydrogens (primary N) is 1. The van der Waals surface area contributed by atoms with Crippen LogP contribution in [0.4, 0.5) is 5.69 Å². The number of carbonyl (C=O) groups is 3. The molecule has 2 aliphatic heterocycles. The summed E-state index contributed by atoms with van der Waals surface area (Å²) in [4.78, 5) is 47.6. The summed E-state index contributed by atoms with van der Waals surface area (Å²) < 4.78 is 0. The normalized spacial score (nSPS) is 29.9. The van der Waals surface area contributed by atoms with Gasteiger partial charge in [-0.15, -0.1) is 0 Å². The summed E-state index contributed by atoms with van der Waals surface area (Å²) in [6.07, 6.45) is 2.73. The molecule has 0 radical (unpaired) electrons. The standard InChI is InChI=1S/C24H29N5O4/c1-27-14-24(13-17(24)21(25)30)12-16(23(32)33)20(27)22(31)29-10-8-28(9-11-29)19-6-7-26-18-5-3-2-4-15(18)19/h2-7,16-17,20H,8-14H2,1H3,(H2,25,30)(H,32,33). The van der Waals surface area contributed by atoms with Gasteiger partial charge >= 0.3 is 5.97 Å². The first-order valence-electron chi connectivity index (χ1n) is 11.4. The number of piperidine rings is 1. The second kappa shape index (κ2) is 7.98. The molecule has 2 saturated heterocycles. The molecule has 3 aliphatic rings. The van der Waals surface area contributed by atoms with Crippen molar-refractivity contribution in [2.75, 3.05) is 44.7 Å². The van der Waals surface area contributed by atoms with Crippen molar-refractivity contribution in [1.82, 2.24) is 14.8 Å². The van der Waals surface area contributed by atoms with Gasteiger partial charge in [-0.3, -0.25) is 24.3 Å². The van der Waals surface area contributed by atoms with E-state index in [-0.39, 0.29) is 17.7 Å². The van der Waals surface area contributed by atoms with Gasteiger partial charge in [-0.1, -0.05) is 18.2 Å². The first-order valence-corrected chi connectivity index (χ1v) is 11.4. The molecule has 3 fully saturated rings. The van der Waals surface area contributed by atoms with Gasteiger partial charge in [-0.25, -0.2) is 0 Å². The van der Waals surface area contributed by atoms with E-state index in [1.165, 1.54) is 0 Å². The Morgan fingerprint density at radius 1 is 1.09 bits per heavy atom. The van der Waals surface area contributed by atoms with Gasteiger partial charge in [0.15, 0.2) is 0 Å². The van der Waals surface area contributed by atoms with Gasteiger partial charge < -0.3 is 20.6 Å². The zero-order chi connectivity index (χ0) is 23.3. The van der Waals surface area contributed by atoms with Gasteiger partial charge in [0, 0.05) is 55.9 Å². The number of aliphatic carboxylic acids is 1. The number of likely N-dealkylation sites (N-methyl/N-ethyl adjacent to an activating group) is 1. The molecule has 5 rings (SSSR count). The summed E-state index contributed by atoms with van der Waals surface area (Å²) in [5, 5.41) is 11.0. The first-order chi connectivity index (χ1) is 15.8. The van der Waals surface area contributed by atoms with Gasteiger partial charge in [0.05, 0.1) is 11.4 Å². The average Bonchev–Trinajstić information content (AvgIpc) is 3.51. The molecular formula is C24H29N5O4. The summed E-state index contributed by atoms with van der Waals surface area (Å²) in [6.45, 7) is 2.91. The molecule has 33 heavy (non-hydrogen) atoms. The number of amides is 2. The summed E-state index contributed by atoms with van der Waals surface area (Å²) in [5.74, 6) is -2.65. The Bertz CT molecular complexity index is 1110. The molecule has 4 atom stereocenters. The Morgan fingerprint density at radius 2 is 1.82 bits per heavy atom. The quantitative estimate of drug-likeness (QED) is 0.705. The second-order valence-corrected chi connectivity index (χ2v) is 9.69. The van der Waals surface area contributed by atoms with Crippen molar-refractivity contribution in [3.05, 3.63) is 36.5 Å². The lowest BCUT2D eigenvalue weighted by atomic mass is 9.79. The number of piperazine rings is 1. The van der Waals surface area contributed by atoms with Crippen LogP contribution in [0.1, 0.15) is 12.8 Å². The molecule has 1 aromatic carbocycles. The lowest BCUT2D eigenvalue weighted by Gasteiger charge is -2.44. The minimum Gasteiger partial charge on any atom is -0.481 e. The van der Waals surface area contributed by atoms with Gasteiger partial charge in [0.2, 0.25) is 11.8 Å². The highest BCUT2D eigenvalue weighted by atomic mass is 16.4. The number of nitrogens with zero attached hydrogens (tertiary/aromatic N) is 4. The Hall–Kier alpha value is -3.20. The third-order valence-corrected chi connectivity index (χ3v) is 7.71. The van der Waals surface area contributed by atoms with E-state index >= 15 is 0 Å². The number of likely N-dealkylation sites (tertiary alicyclic amines) is 1. The van der Waals surface area contributed by atoms with Crippen molar-refractivity contribution in [3.63, 3.8) is 0 Å². The number of hydrogen-bond donors (Lipinski definition) is 2. The van der Waals surface area contributed by atoms with E-state index in [0.29, 0.717) is 45.6 Å². The molecular weight excluding hydrogens is 422 g/mol. The van der Waals surface area contributed by atoms with Crippen molar-refractivity contribution >= 4 is 34.4 Å². The zero-order valence-electron chi connectivity index (χ0n) is 18.7. The van der Waals surface area contributed by atoms with Crippen LogP contribution in [0.25, 0.3) is 10.9 Å². The van der Waals surface area contributed by atoms with E-state index in [0.717, 1.165) is 16.6 Å². The maximum absolute atomic E-state index is 13.5. The number of para-hydroxylation sites is 1. The fourth-order valence-electron chi connectivity index (χ4n) is 5.96. The van der Waals surface area contributed by atoms with Gasteiger partial charge in [-0.05, 0) is 37.4 Å². The average molecular weight is 452 g/mol. The molecule has 1 spiro atoms. The Balaban J connectivity index is 1.29. The number of carbonyl (C=O) groups excluding carboxylic acids is 2. The van der Waals surface area contributed by atoms with Crippen molar-refractivity contribution in [2.45, 2.75) is 18.9 Å². The molecule has 2 amide bonds. The third kappa shape index (κ3) is 3.70. The van der Waals surface area contributed by atoms with Crippen LogP contribution in [0.15, 0.2) is 36.5 Å². The lowest BCUT2D eigenvalue weighted by molar-refractivity contribution is -0.156. The smallest absolute Gasteiger partial charge is 0.308 e. The predicted octanol–water partition coefficient (Wildman–Crippen LogP) is 0.780. The molecule has 9 nitrogen and oxygen atoms in total. The Labute approximate surface area is 192 Å². The van der Waals surface area contributed by atoms with Gasteiger partial charge in [0.1, 0.15) is 6.04 Å². The second-order valence-electron chi connectivity index (χ2n) is 9.69. The maximum atomic E-state index is 13.5. The van der Waals surface area contributed by atoms with E-state index in [1.54, 1.807) is 18.1 Å². The summed E-state index contributed by atoms with van der Waals surface area (Å²) in [7, 11) is 1.79. The van der Waals surface area contributed by atoms with Crippen LogP contribution in [-0.2, 0) is 14.4 Å². The van der Waals surface area contributed by atoms with E-state index in [4.69, 9.17) is 5.73 Å². The SMILES string of the molecule is CN1CC2(CC(C(=O)O)C1C(=O)N1CCN(c3ccnc4ccccc34)CC1)CC2C(N)=O. The van der Waals surface area contributed by atoms with Crippen LogP contribution >= 0.6 is 0 Å². The number of aromatic nitrogens is 1. The minimum atomic E-state index is -0.990. The topological polar surface area (TPSA) is 120 Å². The summed E-state index contributed by atoms with van der Waals surface area (Å²) in [6, 6.07) is 9.27. The maximum Gasteiger partial charge on any atom is 0.308 e. The Kier molecular flexibility index (Phi) is 5.23. The molecule has 3 N–H and O–H groups in total. The molecule has 1 aliphatic carbocycles. The number of carboxylic acids is 1. The third-order valence-electron chi connectivity index (χ3n) is 7.71. The molecule has 4 unspecified atom stereocenters. The number of anilines is 1. The van der Waals surface area contributed by atoms with E-state index in [1.807, 2.05) is 29.2 Å². The van der Waals surface area contributed by atoms with Crippen molar-refractivity contribution in [3.8, 4) is 0 Å². The van der Waals surface area contributed by atoms with Gasteiger partial charge in [-0.2, -0.15) is 0 Å². The van der Waals surface area contributed by atoms with Crippen molar-refractivity contribution in [2.24, 2.45) is 23.0 Å². The number of benzene rings is 1. The van der Waals surface area contributed by atoms with E-state index < -0.39 is 23.3 Å². The largest absolute Gasteiger partial charge is 0.481 e. The van der Waals surface area contributed by atoms with Crippen LogP contribution in [0, 0.1) is 17.3 Å². The highest BCUT2D eigenvalue weighted by Crippen LogP contribution is 2.59. The summed E-state index contributed by atoms with van der Waals surface area (Å²) >= 11 is 0. The fourth-order valence-corrected chi connectivity index (χ4v) is 5.96. The highest BCUT2D eigenvalue weighted by Gasteiger charge is 2.63. The molecule has 0 bridgehead atoms. The molecule has 2 aromatic rings. The minimum absolute atomic E-state index is 0.143. The van der Waals surface area contributed by atoms with E-state index in [2.05, 4.69) is 16.0 Å². The summed E-state index contributed by atoms with van der Waals surface area (Å²) in [5.41, 5.74) is 7.12. The zero-order valence-corrected chi connectivity index (χ0v) is 18.7. The van der Waals surface area contributed by atoms with E-state index in [9.17, 15) is 19.5 Å². The van der Waals surface area contributed by atoms with Crippen molar-refractivity contribution in [1.29, 1.82) is 0 Å². The molecule has 3 heterocycles. The van der Waals surface area contributed by atoms with Crippen LogP contribution in [-0.4, -0.2) is 83.5 Å². The number of rotatable bonds is 4. The molecule has 1 aromatic heterocycles. The molecule has 174 valence electrons. The molecule has 1 saturated carbocycles. The first kappa shape index (κ1) is 21.6. The Morgan fingerprint density at radius 3 is 2.48 bits per heavy atom. The van der Waals surface area contributed by atoms with Crippen LogP contribution in [0.2, 0.25) is 0 Å². The van der Waals surface area contributed by atoms with Crippen LogP contribution < -0.4 is 10.6 Å². The van der Waals surface area contributed by atoms with Gasteiger partial charge in [0.25, 0.3) is 0 Å². The number of hydrogen-bond acceptors (Lipinski definition) is 6. The predicted molar refractivity (Wildman–Crippen MR) is 122 cm³/mol. The monoisotopic (exact) mass is 451 g/mol. The van der Waals surface area contributed by atoms with Crippen LogP contribution in [0.5, 0.6) is 0 Å². The number of primary amides is 1. The highest BCUT2D eigenvalue weighted by molar-refractivity contribution is 5.92. The van der Waals surface area contributed by atoms with Crippen molar-refractivity contribution < 1.29 is 19.5 Å².